The summed E-state index contributed by atoms with van der Waals surface area (Å²) in [7, 11) is 0. The van der Waals surface area contributed by atoms with Gasteiger partial charge in [0.15, 0.2) is 0 Å². The molecule has 0 bridgehead atoms. The highest BCUT2D eigenvalue weighted by molar-refractivity contribution is 7.09. The van der Waals surface area contributed by atoms with Crippen LogP contribution in [0.2, 0.25) is 0 Å². The van der Waals surface area contributed by atoms with Crippen LogP contribution in [0.25, 0.3) is 0 Å². The number of hydrogen-bond acceptors (Lipinski definition) is 5. The predicted octanol–water partition coefficient (Wildman–Crippen LogP) is 2.44. The Balaban J connectivity index is 1.26. The van der Waals surface area contributed by atoms with E-state index in [1.807, 2.05) is 6.20 Å². The number of carbonyl (C=O) groups excluding carboxylic acids is 1. The largest absolute Gasteiger partial charge is 0.342 e. The van der Waals surface area contributed by atoms with Crippen molar-refractivity contribution in [1.29, 1.82) is 0 Å². The normalized spacial score (nSPS) is 27.0. The molecular formula is C19H30N4OS. The third-order valence-corrected chi connectivity index (χ3v) is 6.90. The zero-order chi connectivity index (χ0) is 17.1. The number of nitrogens with zero attached hydrogens (tertiary/aromatic N) is 4. The van der Waals surface area contributed by atoms with Crippen LogP contribution in [0, 0.1) is 5.92 Å². The lowest BCUT2D eigenvalue weighted by atomic mass is 9.93. The Morgan fingerprint density at radius 1 is 1.08 bits per heavy atom. The van der Waals surface area contributed by atoms with Gasteiger partial charge in [-0.05, 0) is 45.1 Å². The van der Waals surface area contributed by atoms with E-state index in [1.54, 1.807) is 11.3 Å². The van der Waals surface area contributed by atoms with Crippen LogP contribution in [-0.4, -0.2) is 70.9 Å². The minimum Gasteiger partial charge on any atom is -0.342 e. The van der Waals surface area contributed by atoms with Gasteiger partial charge in [0, 0.05) is 50.3 Å². The molecule has 3 aliphatic rings. The zero-order valence-corrected chi connectivity index (χ0v) is 15.9. The minimum absolute atomic E-state index is 0.250. The van der Waals surface area contributed by atoms with Crippen LogP contribution in [0.5, 0.6) is 0 Å². The highest BCUT2D eigenvalue weighted by atomic mass is 32.1. The highest BCUT2D eigenvalue weighted by Crippen LogP contribution is 2.26. The van der Waals surface area contributed by atoms with E-state index in [2.05, 4.69) is 25.1 Å². The second-order valence-electron chi connectivity index (χ2n) is 7.80. The SMILES string of the molecule is O=C([C@@H]1CCCN(C2CCN(Cc3nccs3)CC2)C1)N1CCCC1. The molecule has 1 atom stereocenters. The Morgan fingerprint density at radius 2 is 1.88 bits per heavy atom. The number of piperidine rings is 2. The monoisotopic (exact) mass is 362 g/mol. The van der Waals surface area contributed by atoms with Crippen LogP contribution in [0.1, 0.15) is 43.5 Å². The molecule has 0 aromatic carbocycles. The van der Waals surface area contributed by atoms with Gasteiger partial charge >= 0.3 is 0 Å². The Bertz CT molecular complexity index is 550. The molecule has 5 nitrogen and oxygen atoms in total. The van der Waals surface area contributed by atoms with Crippen LogP contribution < -0.4 is 0 Å². The number of thiazole rings is 1. The van der Waals surface area contributed by atoms with Crippen molar-refractivity contribution in [3.8, 4) is 0 Å². The smallest absolute Gasteiger partial charge is 0.226 e. The van der Waals surface area contributed by atoms with Crippen molar-refractivity contribution in [2.45, 2.75) is 51.1 Å². The van der Waals surface area contributed by atoms with Crippen molar-refractivity contribution in [2.24, 2.45) is 5.92 Å². The van der Waals surface area contributed by atoms with Crippen molar-refractivity contribution in [3.63, 3.8) is 0 Å². The van der Waals surface area contributed by atoms with Crippen LogP contribution in [0.15, 0.2) is 11.6 Å². The van der Waals surface area contributed by atoms with Crippen LogP contribution >= 0.6 is 11.3 Å². The molecule has 1 amide bonds. The molecule has 0 aliphatic carbocycles. The first kappa shape index (κ1) is 17.4. The van der Waals surface area contributed by atoms with Gasteiger partial charge in [0.2, 0.25) is 5.91 Å². The standard InChI is InChI=1S/C19H30N4OS/c24-19(22-8-1-2-9-22)16-4-3-10-23(14-16)17-5-11-21(12-6-17)15-18-20-7-13-25-18/h7,13,16-17H,1-6,8-12,14-15H2/t16-/m1/s1. The molecule has 6 heteroatoms. The summed E-state index contributed by atoms with van der Waals surface area (Å²) in [5.74, 6) is 0.684. The maximum absolute atomic E-state index is 12.7. The maximum atomic E-state index is 12.7. The molecule has 0 saturated carbocycles. The molecule has 0 radical (unpaired) electrons. The van der Waals surface area contributed by atoms with Gasteiger partial charge in [-0.1, -0.05) is 0 Å². The summed E-state index contributed by atoms with van der Waals surface area (Å²) < 4.78 is 0. The van der Waals surface area contributed by atoms with E-state index in [4.69, 9.17) is 0 Å². The van der Waals surface area contributed by atoms with Gasteiger partial charge < -0.3 is 4.90 Å². The summed E-state index contributed by atoms with van der Waals surface area (Å²) in [6.45, 7) is 7.47. The fourth-order valence-corrected chi connectivity index (χ4v) is 5.36. The molecule has 0 spiro atoms. The number of aromatic nitrogens is 1. The van der Waals surface area contributed by atoms with Crippen molar-refractivity contribution in [2.75, 3.05) is 39.3 Å². The molecule has 3 saturated heterocycles. The van der Waals surface area contributed by atoms with E-state index in [0.717, 1.165) is 45.7 Å². The van der Waals surface area contributed by atoms with E-state index < -0.39 is 0 Å². The average Bonchev–Trinajstić information content (AvgIpc) is 3.36. The molecule has 138 valence electrons. The van der Waals surface area contributed by atoms with Crippen molar-refractivity contribution in [3.05, 3.63) is 16.6 Å². The van der Waals surface area contributed by atoms with Crippen molar-refractivity contribution < 1.29 is 4.79 Å². The fourth-order valence-electron chi connectivity index (χ4n) is 4.70. The third kappa shape index (κ3) is 4.23. The first-order valence-electron chi connectivity index (χ1n) is 9.93. The van der Waals surface area contributed by atoms with E-state index in [0.29, 0.717) is 11.9 Å². The number of carbonyl (C=O) groups is 1. The van der Waals surface area contributed by atoms with Gasteiger partial charge in [0.05, 0.1) is 12.5 Å². The summed E-state index contributed by atoms with van der Waals surface area (Å²) in [4.78, 5) is 24.4. The quantitative estimate of drug-likeness (QED) is 0.825. The summed E-state index contributed by atoms with van der Waals surface area (Å²) in [5.41, 5.74) is 0. The summed E-state index contributed by atoms with van der Waals surface area (Å²) >= 11 is 1.76. The number of hydrogen-bond donors (Lipinski definition) is 0. The summed E-state index contributed by atoms with van der Waals surface area (Å²) in [6.07, 6.45) is 9.03. The summed E-state index contributed by atoms with van der Waals surface area (Å²) in [5, 5.41) is 3.29. The predicted molar refractivity (Wildman–Crippen MR) is 101 cm³/mol. The molecule has 4 rings (SSSR count). The van der Waals surface area contributed by atoms with Crippen LogP contribution in [-0.2, 0) is 11.3 Å². The van der Waals surface area contributed by atoms with Crippen molar-refractivity contribution >= 4 is 17.2 Å². The molecule has 25 heavy (non-hydrogen) atoms. The molecule has 0 N–H and O–H groups in total. The van der Waals surface area contributed by atoms with E-state index in [-0.39, 0.29) is 5.92 Å². The number of likely N-dealkylation sites (tertiary alicyclic amines) is 3. The number of rotatable bonds is 4. The fraction of sp³-hybridized carbons (Fsp3) is 0.789. The lowest BCUT2D eigenvalue weighted by Crippen LogP contribution is -2.51. The van der Waals surface area contributed by atoms with E-state index >= 15 is 0 Å². The lowest BCUT2D eigenvalue weighted by Gasteiger charge is -2.42. The second kappa shape index (κ2) is 8.14. The molecule has 3 fully saturated rings. The lowest BCUT2D eigenvalue weighted by molar-refractivity contribution is -0.136. The topological polar surface area (TPSA) is 39.7 Å². The van der Waals surface area contributed by atoms with Gasteiger partial charge in [-0.25, -0.2) is 4.98 Å². The molecule has 4 heterocycles. The maximum Gasteiger partial charge on any atom is 0.226 e. The Hall–Kier alpha value is -0.980. The molecular weight excluding hydrogens is 332 g/mol. The Labute approximate surface area is 155 Å². The molecule has 1 aromatic rings. The zero-order valence-electron chi connectivity index (χ0n) is 15.1. The van der Waals surface area contributed by atoms with Gasteiger partial charge in [-0.3, -0.25) is 14.6 Å². The van der Waals surface area contributed by atoms with Crippen LogP contribution in [0.3, 0.4) is 0 Å². The second-order valence-corrected chi connectivity index (χ2v) is 8.78. The summed E-state index contributed by atoms with van der Waals surface area (Å²) in [6, 6.07) is 0.668. The highest BCUT2D eigenvalue weighted by Gasteiger charge is 2.34. The first-order chi connectivity index (χ1) is 12.3. The van der Waals surface area contributed by atoms with E-state index in [9.17, 15) is 4.79 Å². The Kier molecular flexibility index (Phi) is 5.68. The van der Waals surface area contributed by atoms with Crippen LogP contribution in [0.4, 0.5) is 0 Å². The Morgan fingerprint density at radius 3 is 2.60 bits per heavy atom. The third-order valence-electron chi connectivity index (χ3n) is 6.14. The van der Waals surface area contributed by atoms with Gasteiger partial charge in [-0.2, -0.15) is 0 Å². The molecule has 0 unspecified atom stereocenters. The average molecular weight is 363 g/mol. The first-order valence-corrected chi connectivity index (χ1v) is 10.8. The van der Waals surface area contributed by atoms with Crippen molar-refractivity contribution in [1.82, 2.24) is 19.7 Å². The molecule has 3 aliphatic heterocycles. The van der Waals surface area contributed by atoms with Gasteiger partial charge in [0.1, 0.15) is 5.01 Å². The van der Waals surface area contributed by atoms with Gasteiger partial charge in [-0.15, -0.1) is 11.3 Å². The van der Waals surface area contributed by atoms with E-state index in [1.165, 1.54) is 43.7 Å². The number of amides is 1. The van der Waals surface area contributed by atoms with Gasteiger partial charge in [0.25, 0.3) is 0 Å². The minimum atomic E-state index is 0.250. The molecule has 1 aromatic heterocycles.